The molecule has 120 valence electrons. The molecule has 2 aromatic carbocycles. The van der Waals surface area contributed by atoms with Crippen LogP contribution in [0.15, 0.2) is 41.4 Å². The number of para-hydroxylation sites is 1. The normalized spacial score (nSPS) is 11.8. The zero-order chi connectivity index (χ0) is 17.2. The smallest absolute Gasteiger partial charge is 0.262 e. The molecule has 0 aromatic heterocycles. The Labute approximate surface area is 133 Å². The Morgan fingerprint density at radius 3 is 2.52 bits per heavy atom. The number of rotatable bonds is 3. The Hall–Kier alpha value is -2.89. The molecule has 0 aliphatic heterocycles. The fourth-order valence-electron chi connectivity index (χ4n) is 2.02. The number of aliphatic imine (C=N–C) groups is 1. The molecular weight excluding hydrogens is 296 g/mol. The summed E-state index contributed by atoms with van der Waals surface area (Å²) in [5, 5.41) is 32.6. The van der Waals surface area contributed by atoms with Crippen molar-refractivity contribution in [3.05, 3.63) is 57.6 Å². The van der Waals surface area contributed by atoms with Gasteiger partial charge in [0.2, 0.25) is 0 Å². The Morgan fingerprint density at radius 2 is 1.91 bits per heavy atom. The van der Waals surface area contributed by atoms with Crippen LogP contribution < -0.4 is 5.11 Å². The van der Waals surface area contributed by atoms with E-state index in [4.69, 9.17) is 0 Å². The second-order valence-corrected chi connectivity index (χ2v) is 6.16. The number of phenols is 1. The number of hydrogen-bond acceptors (Lipinski definition) is 5. The van der Waals surface area contributed by atoms with Crippen molar-refractivity contribution in [2.45, 2.75) is 26.2 Å². The monoisotopic (exact) mass is 313 g/mol. The van der Waals surface area contributed by atoms with E-state index in [9.17, 15) is 20.3 Å². The molecule has 6 heteroatoms. The van der Waals surface area contributed by atoms with Gasteiger partial charge in [-0.3, -0.25) is 15.1 Å². The fourth-order valence-corrected chi connectivity index (χ4v) is 2.02. The average Bonchev–Trinajstić information content (AvgIpc) is 2.46. The average molecular weight is 313 g/mol. The molecule has 0 aliphatic rings. The van der Waals surface area contributed by atoms with E-state index < -0.39 is 16.4 Å². The van der Waals surface area contributed by atoms with Crippen LogP contribution in [0, 0.1) is 10.1 Å². The lowest BCUT2D eigenvalue weighted by Gasteiger charge is -2.19. The number of phenolic OH excluding ortho intramolecular Hbond substituents is 1. The zero-order valence-electron chi connectivity index (χ0n) is 13.1. The molecule has 0 bridgehead atoms. The highest BCUT2D eigenvalue weighted by Crippen LogP contribution is 2.33. The summed E-state index contributed by atoms with van der Waals surface area (Å²) < 4.78 is 0. The Bertz CT molecular complexity index is 777. The van der Waals surface area contributed by atoms with Gasteiger partial charge in [0.1, 0.15) is 11.4 Å². The third-order valence-electron chi connectivity index (χ3n) is 3.41. The highest BCUT2D eigenvalue weighted by Gasteiger charge is 2.15. The number of aromatic hydroxyl groups is 1. The summed E-state index contributed by atoms with van der Waals surface area (Å²) in [6.07, 6.45) is 1.23. The second-order valence-electron chi connectivity index (χ2n) is 6.16. The van der Waals surface area contributed by atoms with Crippen LogP contribution in [0.5, 0.6) is 11.5 Å². The lowest BCUT2D eigenvalue weighted by Crippen LogP contribution is -2.10. The lowest BCUT2D eigenvalue weighted by atomic mass is 9.87. The van der Waals surface area contributed by atoms with Gasteiger partial charge in [0.15, 0.2) is 0 Å². The quantitative estimate of drug-likeness (QED) is 0.533. The van der Waals surface area contributed by atoms with Crippen LogP contribution in [0.25, 0.3) is 0 Å². The summed E-state index contributed by atoms with van der Waals surface area (Å²) in [5.74, 6) is -0.722. The maximum absolute atomic E-state index is 11.9. The van der Waals surface area contributed by atoms with Gasteiger partial charge in [-0.1, -0.05) is 39.0 Å². The highest BCUT2D eigenvalue weighted by molar-refractivity contribution is 5.87. The van der Waals surface area contributed by atoms with E-state index in [0.29, 0.717) is 5.69 Å². The largest absolute Gasteiger partial charge is 0.867 e. The van der Waals surface area contributed by atoms with Crippen molar-refractivity contribution < 1.29 is 15.1 Å². The van der Waals surface area contributed by atoms with Gasteiger partial charge in [0, 0.05) is 12.3 Å². The van der Waals surface area contributed by atoms with Crippen molar-refractivity contribution in [2.75, 3.05) is 0 Å². The van der Waals surface area contributed by atoms with Crippen molar-refractivity contribution in [3.8, 4) is 11.5 Å². The number of nitro benzene ring substituents is 1. The molecule has 0 amide bonds. The topological polar surface area (TPSA) is 98.8 Å². The van der Waals surface area contributed by atoms with E-state index in [1.807, 2.05) is 20.8 Å². The molecule has 0 heterocycles. The summed E-state index contributed by atoms with van der Waals surface area (Å²) >= 11 is 0. The fraction of sp³-hybridized carbons (Fsp3) is 0.235. The third kappa shape index (κ3) is 3.66. The van der Waals surface area contributed by atoms with E-state index in [1.54, 1.807) is 18.2 Å². The van der Waals surface area contributed by atoms with Crippen LogP contribution in [0.2, 0.25) is 0 Å². The van der Waals surface area contributed by atoms with Gasteiger partial charge in [-0.2, -0.15) is 0 Å². The van der Waals surface area contributed by atoms with Crippen molar-refractivity contribution in [3.63, 3.8) is 0 Å². The second kappa shape index (κ2) is 6.08. The summed E-state index contributed by atoms with van der Waals surface area (Å²) in [7, 11) is 0. The molecule has 0 atom stereocenters. The van der Waals surface area contributed by atoms with Crippen LogP contribution >= 0.6 is 0 Å². The highest BCUT2D eigenvalue weighted by atomic mass is 16.6. The van der Waals surface area contributed by atoms with Crippen molar-refractivity contribution >= 4 is 17.6 Å². The molecule has 0 unspecified atom stereocenters. The van der Waals surface area contributed by atoms with E-state index >= 15 is 0 Å². The SMILES string of the molecule is CC(C)(C)c1ccc(O)c(N=Cc2cccc([N+](=O)[O-])c2[O-])c1. The molecular formula is C17H17N2O4-. The van der Waals surface area contributed by atoms with Gasteiger partial charge < -0.3 is 10.2 Å². The molecule has 0 aliphatic carbocycles. The lowest BCUT2D eigenvalue weighted by molar-refractivity contribution is -0.398. The van der Waals surface area contributed by atoms with Gasteiger partial charge in [0.25, 0.3) is 5.69 Å². The van der Waals surface area contributed by atoms with E-state index in [2.05, 4.69) is 4.99 Å². The minimum absolute atomic E-state index is 0.0212. The number of benzene rings is 2. The van der Waals surface area contributed by atoms with Gasteiger partial charge in [-0.05, 0) is 34.4 Å². The van der Waals surface area contributed by atoms with Crippen molar-refractivity contribution in [1.29, 1.82) is 0 Å². The van der Waals surface area contributed by atoms with Crippen molar-refractivity contribution in [2.24, 2.45) is 4.99 Å². The zero-order valence-corrected chi connectivity index (χ0v) is 13.1. The summed E-state index contributed by atoms with van der Waals surface area (Å²) in [5.41, 5.74) is 0.765. The molecule has 1 N–H and O–H groups in total. The van der Waals surface area contributed by atoms with Crippen LogP contribution in [0.4, 0.5) is 11.4 Å². The molecule has 2 aromatic rings. The van der Waals surface area contributed by atoms with Gasteiger partial charge >= 0.3 is 0 Å². The van der Waals surface area contributed by atoms with E-state index in [0.717, 1.165) is 11.6 Å². The first kappa shape index (κ1) is 16.5. The molecule has 0 fully saturated rings. The Morgan fingerprint density at radius 1 is 1.22 bits per heavy atom. The summed E-state index contributed by atoms with van der Waals surface area (Å²) in [4.78, 5) is 14.2. The number of nitro groups is 1. The van der Waals surface area contributed by atoms with Gasteiger partial charge in [0.05, 0.1) is 4.92 Å². The van der Waals surface area contributed by atoms with Crippen LogP contribution in [0.1, 0.15) is 31.9 Å². The van der Waals surface area contributed by atoms with Crippen LogP contribution in [-0.2, 0) is 5.41 Å². The Balaban J connectivity index is 2.42. The molecule has 0 saturated heterocycles. The van der Waals surface area contributed by atoms with Crippen molar-refractivity contribution in [1.82, 2.24) is 0 Å². The van der Waals surface area contributed by atoms with E-state index in [-0.39, 0.29) is 16.7 Å². The number of hydrogen-bond donors (Lipinski definition) is 1. The molecule has 6 nitrogen and oxygen atoms in total. The molecule has 0 saturated carbocycles. The molecule has 0 radical (unpaired) electrons. The first-order valence-corrected chi connectivity index (χ1v) is 7.02. The summed E-state index contributed by atoms with van der Waals surface area (Å²) in [6.45, 7) is 6.09. The van der Waals surface area contributed by atoms with Crippen LogP contribution in [0.3, 0.4) is 0 Å². The standard InChI is InChI=1S/C17H18N2O4/c1-17(2,3)12-7-8-15(20)13(9-12)18-10-11-5-4-6-14(16(11)21)19(22)23/h4-10,20-21H,1-3H3/p-1. The molecule has 0 spiro atoms. The van der Waals surface area contributed by atoms with E-state index in [1.165, 1.54) is 18.3 Å². The third-order valence-corrected chi connectivity index (χ3v) is 3.41. The predicted octanol–water partition coefficient (Wildman–Crippen LogP) is 3.42. The Kier molecular flexibility index (Phi) is 4.36. The van der Waals surface area contributed by atoms with Gasteiger partial charge in [-0.15, -0.1) is 0 Å². The number of nitrogens with zero attached hydrogens (tertiary/aromatic N) is 2. The first-order chi connectivity index (χ1) is 10.7. The maximum atomic E-state index is 11.9. The first-order valence-electron chi connectivity index (χ1n) is 7.02. The minimum Gasteiger partial charge on any atom is -0.867 e. The van der Waals surface area contributed by atoms with Crippen LogP contribution in [-0.4, -0.2) is 16.2 Å². The summed E-state index contributed by atoms with van der Waals surface area (Å²) in [6, 6.07) is 9.10. The van der Waals surface area contributed by atoms with Gasteiger partial charge in [-0.25, -0.2) is 0 Å². The molecule has 23 heavy (non-hydrogen) atoms. The minimum atomic E-state index is -0.725. The predicted molar refractivity (Wildman–Crippen MR) is 86.6 cm³/mol. The maximum Gasteiger partial charge on any atom is 0.262 e. The molecule has 2 rings (SSSR count).